The lowest BCUT2D eigenvalue weighted by Gasteiger charge is -2.31. The maximum absolute atomic E-state index is 12.2. The summed E-state index contributed by atoms with van der Waals surface area (Å²) < 4.78 is 4.97. The lowest BCUT2D eigenvalue weighted by Crippen LogP contribution is -2.41. The monoisotopic (exact) mass is 338 g/mol. The smallest absolute Gasteiger partial charge is 0.257 e. The second-order valence-electron chi connectivity index (χ2n) is 6.24. The average Bonchev–Trinajstić information content (AvgIpc) is 3.20. The molecule has 1 aromatic carbocycles. The molecule has 1 aliphatic rings. The van der Waals surface area contributed by atoms with Crippen LogP contribution in [0.15, 0.2) is 59.4 Å². The van der Waals surface area contributed by atoms with Crippen LogP contribution in [0.3, 0.4) is 0 Å². The topological polar surface area (TPSA) is 62.6 Å². The van der Waals surface area contributed by atoms with Crippen LogP contribution in [0.2, 0.25) is 0 Å². The van der Waals surface area contributed by atoms with Crippen LogP contribution >= 0.6 is 0 Å². The molecule has 3 rings (SSSR count). The molecule has 2 amide bonds. The minimum absolute atomic E-state index is 0.0158. The van der Waals surface area contributed by atoms with Gasteiger partial charge in [-0.15, -0.1) is 0 Å². The van der Waals surface area contributed by atoms with Crippen LogP contribution < -0.4 is 5.32 Å². The second kappa shape index (κ2) is 8.33. The Morgan fingerprint density at radius 2 is 1.92 bits per heavy atom. The number of amides is 2. The van der Waals surface area contributed by atoms with Gasteiger partial charge in [0.1, 0.15) is 6.26 Å². The van der Waals surface area contributed by atoms with Crippen LogP contribution in [0, 0.1) is 5.92 Å². The molecule has 0 unspecified atom stereocenters. The first-order chi connectivity index (χ1) is 12.2. The number of likely N-dealkylation sites (tertiary alicyclic amines) is 1. The Balaban J connectivity index is 1.40. The van der Waals surface area contributed by atoms with Crippen molar-refractivity contribution in [2.24, 2.45) is 5.92 Å². The van der Waals surface area contributed by atoms with Crippen molar-refractivity contribution in [2.75, 3.05) is 19.6 Å². The first-order valence-electron chi connectivity index (χ1n) is 8.55. The Labute approximate surface area is 147 Å². The van der Waals surface area contributed by atoms with E-state index >= 15 is 0 Å². The molecule has 0 radical (unpaired) electrons. The van der Waals surface area contributed by atoms with Crippen LogP contribution in [0.4, 0.5) is 0 Å². The third-order valence-electron chi connectivity index (χ3n) is 4.46. The molecule has 2 heterocycles. The molecule has 0 bridgehead atoms. The number of nitrogens with one attached hydrogen (secondary N) is 1. The minimum Gasteiger partial charge on any atom is -0.472 e. The highest BCUT2D eigenvalue weighted by atomic mass is 16.3. The molecular weight excluding hydrogens is 316 g/mol. The maximum Gasteiger partial charge on any atom is 0.257 e. The molecule has 1 saturated heterocycles. The number of hydrogen-bond acceptors (Lipinski definition) is 3. The summed E-state index contributed by atoms with van der Waals surface area (Å²) in [6, 6.07) is 11.4. The largest absolute Gasteiger partial charge is 0.472 e. The van der Waals surface area contributed by atoms with Gasteiger partial charge in [-0.25, -0.2) is 0 Å². The van der Waals surface area contributed by atoms with Crippen molar-refractivity contribution in [1.82, 2.24) is 10.2 Å². The summed E-state index contributed by atoms with van der Waals surface area (Å²) in [4.78, 5) is 26.0. The first kappa shape index (κ1) is 17.0. The van der Waals surface area contributed by atoms with Crippen LogP contribution in [0.25, 0.3) is 6.08 Å². The molecule has 0 saturated carbocycles. The van der Waals surface area contributed by atoms with E-state index in [4.69, 9.17) is 4.42 Å². The zero-order valence-electron chi connectivity index (χ0n) is 14.1. The molecule has 5 nitrogen and oxygen atoms in total. The first-order valence-corrected chi connectivity index (χ1v) is 8.55. The summed E-state index contributed by atoms with van der Waals surface area (Å²) in [5.41, 5.74) is 1.60. The summed E-state index contributed by atoms with van der Waals surface area (Å²) in [5, 5.41) is 2.95. The molecule has 1 aromatic heterocycles. The van der Waals surface area contributed by atoms with Gasteiger partial charge in [0.25, 0.3) is 5.91 Å². The van der Waals surface area contributed by atoms with E-state index in [2.05, 4.69) is 5.32 Å². The average molecular weight is 338 g/mol. The normalized spacial score (nSPS) is 15.4. The Hall–Kier alpha value is -2.82. The van der Waals surface area contributed by atoms with E-state index in [9.17, 15) is 9.59 Å². The van der Waals surface area contributed by atoms with Crippen molar-refractivity contribution in [1.29, 1.82) is 0 Å². The number of rotatable bonds is 5. The number of piperidine rings is 1. The van der Waals surface area contributed by atoms with Gasteiger partial charge in [-0.3, -0.25) is 9.59 Å². The Morgan fingerprint density at radius 3 is 2.60 bits per heavy atom. The number of nitrogens with zero attached hydrogens (tertiary/aromatic N) is 1. The van der Waals surface area contributed by atoms with Gasteiger partial charge in [-0.2, -0.15) is 0 Å². The third kappa shape index (κ3) is 4.83. The molecule has 1 aliphatic heterocycles. The fourth-order valence-corrected chi connectivity index (χ4v) is 2.95. The molecule has 25 heavy (non-hydrogen) atoms. The molecule has 0 atom stereocenters. The fraction of sp³-hybridized carbons (Fsp3) is 0.300. The van der Waals surface area contributed by atoms with Gasteiger partial charge in [0.15, 0.2) is 0 Å². The zero-order valence-corrected chi connectivity index (χ0v) is 14.1. The Bertz CT molecular complexity index is 715. The molecule has 2 aromatic rings. The van der Waals surface area contributed by atoms with Gasteiger partial charge < -0.3 is 14.6 Å². The summed E-state index contributed by atoms with van der Waals surface area (Å²) in [7, 11) is 0. The fourth-order valence-electron chi connectivity index (χ4n) is 2.95. The predicted octanol–water partition coefficient (Wildman–Crippen LogP) is 2.96. The number of carbonyl (C=O) groups excluding carboxylic acids is 2. The van der Waals surface area contributed by atoms with E-state index < -0.39 is 0 Å². The summed E-state index contributed by atoms with van der Waals surface area (Å²) in [5.74, 6) is 0.338. The highest BCUT2D eigenvalue weighted by Crippen LogP contribution is 2.18. The van der Waals surface area contributed by atoms with Crippen LogP contribution in [0.5, 0.6) is 0 Å². The van der Waals surface area contributed by atoms with E-state index in [1.165, 1.54) is 12.5 Å². The molecule has 0 aliphatic carbocycles. The van der Waals surface area contributed by atoms with Crippen LogP contribution in [0.1, 0.15) is 28.8 Å². The Kier molecular flexibility index (Phi) is 5.67. The van der Waals surface area contributed by atoms with Crippen molar-refractivity contribution in [3.8, 4) is 0 Å². The summed E-state index contributed by atoms with van der Waals surface area (Å²) >= 11 is 0. The van der Waals surface area contributed by atoms with E-state index in [1.807, 2.05) is 41.3 Å². The van der Waals surface area contributed by atoms with Crippen molar-refractivity contribution in [3.63, 3.8) is 0 Å². The van der Waals surface area contributed by atoms with E-state index in [1.54, 1.807) is 12.1 Å². The molecule has 5 heteroatoms. The van der Waals surface area contributed by atoms with Gasteiger partial charge in [0, 0.05) is 25.7 Å². The lowest BCUT2D eigenvalue weighted by molar-refractivity contribution is -0.116. The van der Waals surface area contributed by atoms with Gasteiger partial charge >= 0.3 is 0 Å². The quantitative estimate of drug-likeness (QED) is 0.853. The zero-order chi connectivity index (χ0) is 17.5. The Morgan fingerprint density at radius 1 is 1.16 bits per heavy atom. The highest BCUT2D eigenvalue weighted by Gasteiger charge is 2.24. The SMILES string of the molecule is O=C(C=Cc1ccccc1)NCC1CCN(C(=O)c2ccoc2)CC1. The highest BCUT2D eigenvalue weighted by molar-refractivity contribution is 5.94. The molecule has 1 N–H and O–H groups in total. The van der Waals surface area contributed by atoms with Crippen molar-refractivity contribution >= 4 is 17.9 Å². The second-order valence-corrected chi connectivity index (χ2v) is 6.24. The summed E-state index contributed by atoms with van der Waals surface area (Å²) in [6.07, 6.45) is 8.15. The van der Waals surface area contributed by atoms with E-state index in [-0.39, 0.29) is 11.8 Å². The van der Waals surface area contributed by atoms with Gasteiger partial charge in [-0.05, 0) is 36.5 Å². The standard InChI is InChI=1S/C20H22N2O3/c23-19(7-6-16-4-2-1-3-5-16)21-14-17-8-11-22(12-9-17)20(24)18-10-13-25-15-18/h1-7,10,13,15,17H,8-9,11-12,14H2,(H,21,23). The lowest BCUT2D eigenvalue weighted by atomic mass is 9.96. The van der Waals surface area contributed by atoms with Crippen LogP contribution in [-0.2, 0) is 4.79 Å². The predicted molar refractivity (Wildman–Crippen MR) is 95.8 cm³/mol. The number of carbonyl (C=O) groups is 2. The molecular formula is C20H22N2O3. The van der Waals surface area contributed by atoms with Gasteiger partial charge in [-0.1, -0.05) is 30.3 Å². The van der Waals surface area contributed by atoms with Crippen molar-refractivity contribution in [2.45, 2.75) is 12.8 Å². The van der Waals surface area contributed by atoms with Gasteiger partial charge in [0.05, 0.1) is 11.8 Å². The number of benzene rings is 1. The van der Waals surface area contributed by atoms with E-state index in [0.717, 1.165) is 18.4 Å². The summed E-state index contributed by atoms with van der Waals surface area (Å²) in [6.45, 7) is 2.07. The maximum atomic E-state index is 12.2. The van der Waals surface area contributed by atoms with E-state index in [0.29, 0.717) is 31.1 Å². The van der Waals surface area contributed by atoms with Gasteiger partial charge in [0.2, 0.25) is 5.91 Å². The molecule has 0 spiro atoms. The molecule has 1 fully saturated rings. The number of furan rings is 1. The minimum atomic E-state index is -0.0826. The number of hydrogen-bond donors (Lipinski definition) is 1. The molecule has 130 valence electrons. The van der Waals surface area contributed by atoms with Crippen molar-refractivity contribution < 1.29 is 14.0 Å². The van der Waals surface area contributed by atoms with Crippen molar-refractivity contribution in [3.05, 3.63) is 66.1 Å². The third-order valence-corrected chi connectivity index (χ3v) is 4.46. The van der Waals surface area contributed by atoms with Crippen LogP contribution in [-0.4, -0.2) is 36.3 Å².